The van der Waals surface area contributed by atoms with Crippen molar-refractivity contribution in [2.24, 2.45) is 0 Å². The predicted octanol–water partition coefficient (Wildman–Crippen LogP) is 3.14. The van der Waals surface area contributed by atoms with E-state index in [9.17, 15) is 22.8 Å². The number of imide groups is 1. The molecule has 0 aromatic heterocycles. The SMILES string of the molecule is Cc1ccc(N(C)S(=O)(=O)c2cccc(C(=O)OCC(=O)NC(=O)NC3CCCCC3)c2)cc1. The minimum Gasteiger partial charge on any atom is -0.452 e. The van der Waals surface area contributed by atoms with E-state index in [4.69, 9.17) is 4.74 Å². The summed E-state index contributed by atoms with van der Waals surface area (Å²) in [6.45, 7) is 1.23. The molecule has 1 fully saturated rings. The predicted molar refractivity (Wildman–Crippen MR) is 127 cm³/mol. The van der Waals surface area contributed by atoms with E-state index in [0.717, 1.165) is 42.0 Å². The summed E-state index contributed by atoms with van der Waals surface area (Å²) < 4.78 is 32.1. The number of carbonyl (C=O) groups excluding carboxylic acids is 3. The Hall–Kier alpha value is -3.40. The van der Waals surface area contributed by atoms with E-state index >= 15 is 0 Å². The number of urea groups is 1. The van der Waals surface area contributed by atoms with Gasteiger partial charge in [-0.25, -0.2) is 18.0 Å². The fourth-order valence-corrected chi connectivity index (χ4v) is 4.92. The number of sulfonamides is 1. The zero-order valence-electron chi connectivity index (χ0n) is 19.2. The van der Waals surface area contributed by atoms with Crippen molar-refractivity contribution in [1.29, 1.82) is 0 Å². The molecule has 2 N–H and O–H groups in total. The van der Waals surface area contributed by atoms with Crippen LogP contribution in [0.2, 0.25) is 0 Å². The Bertz CT molecular complexity index is 1140. The first-order valence-electron chi connectivity index (χ1n) is 11.1. The maximum Gasteiger partial charge on any atom is 0.338 e. The third-order valence-electron chi connectivity index (χ3n) is 5.65. The molecule has 1 aliphatic rings. The Balaban J connectivity index is 1.58. The number of amides is 3. The number of rotatable bonds is 7. The van der Waals surface area contributed by atoms with Crippen LogP contribution in [0.5, 0.6) is 0 Å². The van der Waals surface area contributed by atoms with E-state index in [1.54, 1.807) is 24.3 Å². The molecule has 0 unspecified atom stereocenters. The molecular formula is C24H29N3O6S. The normalized spacial score (nSPS) is 14.2. The minimum atomic E-state index is -3.93. The molecule has 3 rings (SSSR count). The maximum atomic E-state index is 13.0. The fraction of sp³-hybridized carbons (Fsp3) is 0.375. The molecule has 0 radical (unpaired) electrons. The Kier molecular flexibility index (Phi) is 8.27. The number of ether oxygens (including phenoxy) is 1. The van der Waals surface area contributed by atoms with Gasteiger partial charge in [0.1, 0.15) is 0 Å². The van der Waals surface area contributed by atoms with Gasteiger partial charge >= 0.3 is 12.0 Å². The maximum absolute atomic E-state index is 13.0. The highest BCUT2D eigenvalue weighted by Gasteiger charge is 2.23. The molecular weight excluding hydrogens is 458 g/mol. The smallest absolute Gasteiger partial charge is 0.338 e. The number of aryl methyl sites for hydroxylation is 1. The van der Waals surface area contributed by atoms with Crippen molar-refractivity contribution < 1.29 is 27.5 Å². The standard InChI is InChI=1S/C24H29N3O6S/c1-17-11-13-20(14-12-17)27(2)34(31,32)21-10-6-7-18(15-21)23(29)33-16-22(28)26-24(30)25-19-8-4-3-5-9-19/h6-7,10-15,19H,3-5,8-9,16H2,1-2H3,(H2,25,26,28,30). The molecule has 0 heterocycles. The van der Waals surface area contributed by atoms with Crippen molar-refractivity contribution in [3.8, 4) is 0 Å². The van der Waals surface area contributed by atoms with Crippen molar-refractivity contribution in [3.63, 3.8) is 0 Å². The van der Waals surface area contributed by atoms with Crippen LogP contribution in [0.3, 0.4) is 0 Å². The average Bonchev–Trinajstić information content (AvgIpc) is 2.83. The Morgan fingerprint density at radius 1 is 1.03 bits per heavy atom. The van der Waals surface area contributed by atoms with Gasteiger partial charge in [-0.15, -0.1) is 0 Å². The number of esters is 1. The summed E-state index contributed by atoms with van der Waals surface area (Å²) >= 11 is 0. The third kappa shape index (κ3) is 6.57. The van der Waals surface area contributed by atoms with Crippen LogP contribution in [0.4, 0.5) is 10.5 Å². The molecule has 0 bridgehead atoms. The van der Waals surface area contributed by atoms with Crippen molar-refractivity contribution >= 4 is 33.6 Å². The van der Waals surface area contributed by atoms with Gasteiger partial charge in [-0.1, -0.05) is 43.0 Å². The van der Waals surface area contributed by atoms with Crippen molar-refractivity contribution in [2.75, 3.05) is 18.0 Å². The lowest BCUT2D eigenvalue weighted by molar-refractivity contribution is -0.123. The Morgan fingerprint density at radius 3 is 2.38 bits per heavy atom. The Labute approximate surface area is 199 Å². The lowest BCUT2D eigenvalue weighted by atomic mass is 9.96. The van der Waals surface area contributed by atoms with Crippen LogP contribution in [-0.2, 0) is 19.6 Å². The summed E-state index contributed by atoms with van der Waals surface area (Å²) in [5.74, 6) is -1.65. The quantitative estimate of drug-likeness (QED) is 0.579. The van der Waals surface area contributed by atoms with Crippen LogP contribution in [0.25, 0.3) is 0 Å². The highest BCUT2D eigenvalue weighted by Crippen LogP contribution is 2.23. The molecule has 0 atom stereocenters. The highest BCUT2D eigenvalue weighted by molar-refractivity contribution is 7.92. The molecule has 0 aliphatic heterocycles. The van der Waals surface area contributed by atoms with Gasteiger partial charge in [0.05, 0.1) is 16.1 Å². The fourth-order valence-electron chi connectivity index (χ4n) is 3.68. The zero-order valence-corrected chi connectivity index (χ0v) is 20.1. The number of nitrogens with zero attached hydrogens (tertiary/aromatic N) is 1. The number of hydrogen-bond acceptors (Lipinski definition) is 6. The zero-order chi connectivity index (χ0) is 24.7. The van der Waals surface area contributed by atoms with Crippen LogP contribution >= 0.6 is 0 Å². The molecule has 34 heavy (non-hydrogen) atoms. The van der Waals surface area contributed by atoms with E-state index < -0.39 is 34.5 Å². The van der Waals surface area contributed by atoms with Crippen molar-refractivity contribution in [1.82, 2.24) is 10.6 Å². The first kappa shape index (κ1) is 25.2. The Morgan fingerprint density at radius 2 is 1.71 bits per heavy atom. The topological polar surface area (TPSA) is 122 Å². The number of hydrogen-bond donors (Lipinski definition) is 2. The van der Waals surface area contributed by atoms with Gasteiger partial charge in [-0.3, -0.25) is 14.4 Å². The number of anilines is 1. The van der Waals surface area contributed by atoms with Crippen LogP contribution in [0, 0.1) is 6.92 Å². The van der Waals surface area contributed by atoms with E-state index in [1.165, 1.54) is 31.3 Å². The van der Waals surface area contributed by atoms with Crippen molar-refractivity contribution in [2.45, 2.75) is 50.0 Å². The highest BCUT2D eigenvalue weighted by atomic mass is 32.2. The van der Waals surface area contributed by atoms with Gasteiger partial charge < -0.3 is 10.1 Å². The van der Waals surface area contributed by atoms with Crippen LogP contribution < -0.4 is 14.9 Å². The van der Waals surface area contributed by atoms with E-state index in [2.05, 4.69) is 10.6 Å². The second kappa shape index (κ2) is 11.1. The lowest BCUT2D eigenvalue weighted by Gasteiger charge is -2.22. The van der Waals surface area contributed by atoms with Crippen LogP contribution in [0.1, 0.15) is 48.0 Å². The second-order valence-corrected chi connectivity index (χ2v) is 10.2. The summed E-state index contributed by atoms with van der Waals surface area (Å²) in [4.78, 5) is 36.2. The second-order valence-electron chi connectivity index (χ2n) is 8.27. The van der Waals surface area contributed by atoms with Gasteiger partial charge in [-0.2, -0.15) is 0 Å². The largest absolute Gasteiger partial charge is 0.452 e. The summed E-state index contributed by atoms with van der Waals surface area (Å²) in [6.07, 6.45) is 4.95. The van der Waals surface area contributed by atoms with Gasteiger partial charge in [0.15, 0.2) is 6.61 Å². The number of benzene rings is 2. The summed E-state index contributed by atoms with van der Waals surface area (Å²) in [6, 6.07) is 11.8. The number of carbonyl (C=O) groups is 3. The molecule has 9 nitrogen and oxygen atoms in total. The first-order valence-corrected chi connectivity index (χ1v) is 12.5. The molecule has 1 aliphatic carbocycles. The van der Waals surface area contributed by atoms with E-state index in [-0.39, 0.29) is 16.5 Å². The molecule has 0 spiro atoms. The monoisotopic (exact) mass is 487 g/mol. The molecule has 3 amide bonds. The van der Waals surface area contributed by atoms with Gasteiger partial charge in [0.25, 0.3) is 15.9 Å². The van der Waals surface area contributed by atoms with Gasteiger partial charge in [-0.05, 0) is 50.1 Å². The molecule has 10 heteroatoms. The van der Waals surface area contributed by atoms with Crippen LogP contribution in [-0.4, -0.2) is 46.0 Å². The number of nitrogens with one attached hydrogen (secondary N) is 2. The van der Waals surface area contributed by atoms with Crippen LogP contribution in [0.15, 0.2) is 53.4 Å². The average molecular weight is 488 g/mol. The first-order chi connectivity index (χ1) is 16.2. The van der Waals surface area contributed by atoms with Crippen molar-refractivity contribution in [3.05, 3.63) is 59.7 Å². The van der Waals surface area contributed by atoms with Gasteiger partial charge in [0.2, 0.25) is 0 Å². The molecule has 2 aromatic rings. The van der Waals surface area contributed by atoms with E-state index in [0.29, 0.717) is 5.69 Å². The molecule has 2 aromatic carbocycles. The molecule has 182 valence electrons. The lowest BCUT2D eigenvalue weighted by Crippen LogP contribution is -2.46. The summed E-state index contributed by atoms with van der Waals surface area (Å²) in [7, 11) is -2.50. The molecule has 0 saturated heterocycles. The summed E-state index contributed by atoms with van der Waals surface area (Å²) in [5.41, 5.74) is 1.44. The van der Waals surface area contributed by atoms with E-state index in [1.807, 2.05) is 6.92 Å². The molecule has 1 saturated carbocycles. The third-order valence-corrected chi connectivity index (χ3v) is 7.43. The van der Waals surface area contributed by atoms with Gasteiger partial charge in [0, 0.05) is 13.1 Å². The minimum absolute atomic E-state index is 0.0298. The summed E-state index contributed by atoms with van der Waals surface area (Å²) in [5, 5.41) is 4.88.